The summed E-state index contributed by atoms with van der Waals surface area (Å²) in [7, 11) is 0. The highest BCUT2D eigenvalue weighted by Gasteiger charge is 2.28. The summed E-state index contributed by atoms with van der Waals surface area (Å²) in [4.78, 5) is 37.2. The SMILES string of the molecule is CC(c1ccnc(Nc2nc3cc(-c4cc(OCC5CC5)ncn4)c(F)cc3[nH]2)c1)N1CCN(C(=O)OC(C)(C)C)CC1. The Morgan fingerprint density at radius 3 is 2.65 bits per heavy atom. The zero-order valence-electron chi connectivity index (χ0n) is 24.9. The zero-order valence-corrected chi connectivity index (χ0v) is 24.9. The van der Waals surface area contributed by atoms with E-state index in [1.807, 2.05) is 32.9 Å². The first kappa shape index (κ1) is 28.8. The number of aromatic nitrogens is 5. The second kappa shape index (κ2) is 11.8. The van der Waals surface area contributed by atoms with E-state index in [9.17, 15) is 4.79 Å². The molecule has 2 N–H and O–H groups in total. The summed E-state index contributed by atoms with van der Waals surface area (Å²) in [6.07, 6.45) is 5.22. The summed E-state index contributed by atoms with van der Waals surface area (Å²) < 4.78 is 26.4. The van der Waals surface area contributed by atoms with Gasteiger partial charge in [0.1, 0.15) is 23.6 Å². The molecule has 43 heavy (non-hydrogen) atoms. The lowest BCUT2D eigenvalue weighted by atomic mass is 10.1. The number of carbonyl (C=O) groups excluding carboxylic acids is 1. The van der Waals surface area contributed by atoms with E-state index in [0.717, 1.165) is 18.7 Å². The summed E-state index contributed by atoms with van der Waals surface area (Å²) in [5, 5.41) is 3.22. The molecule has 1 atom stereocenters. The maximum Gasteiger partial charge on any atom is 0.410 e. The molecule has 1 aliphatic heterocycles. The number of halogens is 1. The number of anilines is 2. The molecular formula is C31H37FN8O3. The fourth-order valence-electron chi connectivity index (χ4n) is 5.06. The number of carbonyl (C=O) groups is 1. The lowest BCUT2D eigenvalue weighted by Crippen LogP contribution is -2.50. The van der Waals surface area contributed by atoms with Crippen LogP contribution in [-0.2, 0) is 4.74 Å². The van der Waals surface area contributed by atoms with Crippen molar-refractivity contribution in [2.75, 3.05) is 38.1 Å². The Hall–Kier alpha value is -4.32. The van der Waals surface area contributed by atoms with Crippen LogP contribution in [0, 0.1) is 11.7 Å². The Labute approximate surface area is 249 Å². The van der Waals surface area contributed by atoms with E-state index >= 15 is 4.39 Å². The molecule has 2 aliphatic rings. The summed E-state index contributed by atoms with van der Waals surface area (Å²) in [6.45, 7) is 11.1. The number of fused-ring (bicyclic) bond motifs is 1. The Bertz CT molecular complexity index is 1610. The first-order valence-corrected chi connectivity index (χ1v) is 14.7. The van der Waals surface area contributed by atoms with Gasteiger partial charge in [-0.15, -0.1) is 0 Å². The number of imidazole rings is 1. The lowest BCUT2D eigenvalue weighted by molar-refractivity contribution is 0.0110. The molecule has 0 radical (unpaired) electrons. The molecular weight excluding hydrogens is 551 g/mol. The van der Waals surface area contributed by atoms with Crippen LogP contribution in [0.5, 0.6) is 5.88 Å². The van der Waals surface area contributed by atoms with Crippen molar-refractivity contribution in [3.8, 4) is 17.1 Å². The maximum absolute atomic E-state index is 15.1. The highest BCUT2D eigenvalue weighted by molar-refractivity contribution is 5.83. The molecule has 6 rings (SSSR count). The van der Waals surface area contributed by atoms with Crippen molar-refractivity contribution in [2.24, 2.45) is 5.92 Å². The molecule has 1 unspecified atom stereocenters. The first-order valence-electron chi connectivity index (χ1n) is 14.7. The number of H-pyrrole nitrogens is 1. The fraction of sp³-hybridized carbons (Fsp3) is 0.452. The van der Waals surface area contributed by atoms with E-state index in [0.29, 0.717) is 65.6 Å². The number of pyridine rings is 1. The molecule has 0 spiro atoms. The van der Waals surface area contributed by atoms with E-state index in [1.54, 1.807) is 23.2 Å². The molecule has 1 saturated heterocycles. The van der Waals surface area contributed by atoms with E-state index in [2.05, 4.69) is 42.1 Å². The molecule has 4 aromatic rings. The summed E-state index contributed by atoms with van der Waals surface area (Å²) in [6, 6.07) is 8.82. The minimum atomic E-state index is -0.511. The Kier molecular flexibility index (Phi) is 7.87. The number of hydrogen-bond acceptors (Lipinski definition) is 9. The van der Waals surface area contributed by atoms with Crippen molar-refractivity contribution in [3.05, 3.63) is 54.2 Å². The van der Waals surface area contributed by atoms with Gasteiger partial charge in [0.05, 0.1) is 23.3 Å². The van der Waals surface area contributed by atoms with Gasteiger partial charge in [0.15, 0.2) is 0 Å². The van der Waals surface area contributed by atoms with Gasteiger partial charge in [0.2, 0.25) is 11.8 Å². The Morgan fingerprint density at radius 2 is 1.91 bits per heavy atom. The van der Waals surface area contributed by atoms with Crippen LogP contribution in [0.25, 0.3) is 22.3 Å². The number of hydrogen-bond donors (Lipinski definition) is 2. The third-order valence-electron chi connectivity index (χ3n) is 7.68. The number of benzene rings is 1. The highest BCUT2D eigenvalue weighted by Crippen LogP contribution is 2.31. The summed E-state index contributed by atoms with van der Waals surface area (Å²) in [5.74, 6) is 1.67. The predicted molar refractivity (Wildman–Crippen MR) is 161 cm³/mol. The third-order valence-corrected chi connectivity index (χ3v) is 7.68. The molecule has 11 nitrogen and oxygen atoms in total. The van der Waals surface area contributed by atoms with E-state index in [-0.39, 0.29) is 12.1 Å². The van der Waals surface area contributed by atoms with Crippen molar-refractivity contribution in [2.45, 2.75) is 52.2 Å². The van der Waals surface area contributed by atoms with Crippen LogP contribution in [-0.4, -0.2) is 79.2 Å². The molecule has 12 heteroatoms. The average Bonchev–Trinajstić information content (AvgIpc) is 3.73. The van der Waals surface area contributed by atoms with Crippen LogP contribution in [0.2, 0.25) is 0 Å². The van der Waals surface area contributed by atoms with Crippen molar-refractivity contribution in [3.63, 3.8) is 0 Å². The monoisotopic (exact) mass is 588 g/mol. The van der Waals surface area contributed by atoms with Gasteiger partial charge in [-0.05, 0) is 70.2 Å². The molecule has 0 bridgehead atoms. The largest absolute Gasteiger partial charge is 0.477 e. The molecule has 1 saturated carbocycles. The average molecular weight is 589 g/mol. The number of ether oxygens (including phenoxy) is 2. The minimum Gasteiger partial charge on any atom is -0.477 e. The highest BCUT2D eigenvalue weighted by atomic mass is 19.1. The zero-order chi connectivity index (χ0) is 30.1. The van der Waals surface area contributed by atoms with Gasteiger partial charge < -0.3 is 24.7 Å². The third kappa shape index (κ3) is 7.02. The van der Waals surface area contributed by atoms with Crippen LogP contribution >= 0.6 is 0 Å². The second-order valence-corrected chi connectivity index (χ2v) is 12.2. The summed E-state index contributed by atoms with van der Waals surface area (Å²) in [5.41, 5.74) is 2.47. The van der Waals surface area contributed by atoms with Crippen molar-refractivity contribution in [1.82, 2.24) is 34.7 Å². The minimum absolute atomic E-state index is 0.114. The molecule has 1 aliphatic carbocycles. The van der Waals surface area contributed by atoms with Crippen molar-refractivity contribution in [1.29, 1.82) is 0 Å². The summed E-state index contributed by atoms with van der Waals surface area (Å²) >= 11 is 0. The molecule has 3 aromatic heterocycles. The van der Waals surface area contributed by atoms with Gasteiger partial charge in [-0.3, -0.25) is 4.90 Å². The lowest BCUT2D eigenvalue weighted by Gasteiger charge is -2.38. The molecule has 2 fully saturated rings. The van der Waals surface area contributed by atoms with E-state index in [4.69, 9.17) is 9.47 Å². The molecule has 226 valence electrons. The fourth-order valence-corrected chi connectivity index (χ4v) is 5.06. The number of nitrogens with one attached hydrogen (secondary N) is 2. The quantitative estimate of drug-likeness (QED) is 0.267. The molecule has 4 heterocycles. The van der Waals surface area contributed by atoms with Gasteiger partial charge >= 0.3 is 6.09 Å². The van der Waals surface area contributed by atoms with E-state index in [1.165, 1.54) is 25.2 Å². The van der Waals surface area contributed by atoms with Crippen LogP contribution in [0.3, 0.4) is 0 Å². The van der Waals surface area contributed by atoms with E-state index < -0.39 is 11.4 Å². The van der Waals surface area contributed by atoms with Crippen LogP contribution < -0.4 is 10.1 Å². The maximum atomic E-state index is 15.1. The Morgan fingerprint density at radius 1 is 1.12 bits per heavy atom. The van der Waals surface area contributed by atoms with Gasteiger partial charge in [-0.2, -0.15) is 0 Å². The number of piperazine rings is 1. The van der Waals surface area contributed by atoms with Crippen LogP contribution in [0.1, 0.15) is 52.1 Å². The number of aromatic amines is 1. The molecule has 1 aromatic carbocycles. The smallest absolute Gasteiger partial charge is 0.410 e. The number of rotatable bonds is 8. The van der Waals surface area contributed by atoms with Gasteiger partial charge in [-0.25, -0.2) is 29.1 Å². The number of nitrogens with zero attached hydrogens (tertiary/aromatic N) is 6. The van der Waals surface area contributed by atoms with Crippen molar-refractivity contribution < 1.29 is 18.7 Å². The number of amides is 1. The predicted octanol–water partition coefficient (Wildman–Crippen LogP) is 5.70. The van der Waals surface area contributed by atoms with Crippen LogP contribution in [0.4, 0.5) is 21.0 Å². The second-order valence-electron chi connectivity index (χ2n) is 12.2. The Balaban J connectivity index is 1.12. The normalized spacial score (nSPS) is 16.7. The van der Waals surface area contributed by atoms with Gasteiger partial charge in [-0.1, -0.05) is 0 Å². The van der Waals surface area contributed by atoms with Gasteiger partial charge in [0, 0.05) is 56.1 Å². The first-order chi connectivity index (χ1) is 20.6. The van der Waals surface area contributed by atoms with Crippen molar-refractivity contribution >= 4 is 28.9 Å². The standard InChI is InChI=1S/C31H37FN8O3/c1-19(39-9-11-40(12-10-39)30(41)43-31(2,3)4)21-7-8-33-27(13-21)38-29-36-25-14-22(23(32)15-26(25)37-29)24-16-28(35-18-34-24)42-17-20-5-6-20/h7-8,13-16,18-20H,5-6,9-12,17H2,1-4H3,(H2,33,36,37,38). The van der Waals surface area contributed by atoms with Crippen LogP contribution in [0.15, 0.2) is 42.9 Å². The molecule has 1 amide bonds. The topological polar surface area (TPSA) is 121 Å². The van der Waals surface area contributed by atoms with Gasteiger partial charge in [0.25, 0.3) is 0 Å².